The Hall–Kier alpha value is -2.19. The van der Waals surface area contributed by atoms with Crippen LogP contribution in [0.2, 0.25) is 0 Å². The first-order valence-electron chi connectivity index (χ1n) is 8.36. The molecule has 134 valence electrons. The first-order valence-corrected chi connectivity index (χ1v) is 10.4. The van der Waals surface area contributed by atoms with E-state index in [4.69, 9.17) is 4.74 Å². The molecular formula is C18H17N3O3S2. The van der Waals surface area contributed by atoms with E-state index in [-0.39, 0.29) is 12.2 Å². The summed E-state index contributed by atoms with van der Waals surface area (Å²) in [5.74, 6) is -0.463. The minimum absolute atomic E-state index is 0.0319. The molecule has 0 saturated carbocycles. The molecule has 26 heavy (non-hydrogen) atoms. The molecule has 3 aromatic rings. The number of thiazole rings is 1. The Balaban J connectivity index is 1.58. The molecule has 0 saturated heterocycles. The van der Waals surface area contributed by atoms with Gasteiger partial charge in [-0.15, -0.1) is 23.1 Å². The quantitative estimate of drug-likeness (QED) is 0.506. The Labute approximate surface area is 158 Å². The monoisotopic (exact) mass is 387 g/mol. The first-order chi connectivity index (χ1) is 12.7. The highest BCUT2D eigenvalue weighted by molar-refractivity contribution is 7.98. The van der Waals surface area contributed by atoms with Crippen LogP contribution in [-0.2, 0) is 24.2 Å². The Morgan fingerprint density at radius 1 is 1.38 bits per heavy atom. The van der Waals surface area contributed by atoms with Crippen molar-refractivity contribution in [3.8, 4) is 0 Å². The van der Waals surface area contributed by atoms with Crippen molar-refractivity contribution in [1.29, 1.82) is 0 Å². The Kier molecular flexibility index (Phi) is 4.78. The van der Waals surface area contributed by atoms with E-state index in [0.29, 0.717) is 21.2 Å². The van der Waals surface area contributed by atoms with Crippen LogP contribution in [0.4, 0.5) is 0 Å². The van der Waals surface area contributed by atoms with Gasteiger partial charge < -0.3 is 4.74 Å². The van der Waals surface area contributed by atoms with Crippen LogP contribution in [0.15, 0.2) is 34.2 Å². The lowest BCUT2D eigenvalue weighted by Gasteiger charge is -2.10. The summed E-state index contributed by atoms with van der Waals surface area (Å²) in [4.78, 5) is 35.5. The third-order valence-electron chi connectivity index (χ3n) is 4.35. The van der Waals surface area contributed by atoms with E-state index in [2.05, 4.69) is 9.97 Å². The smallest absolute Gasteiger partial charge is 0.341 e. The molecule has 4 rings (SSSR count). The lowest BCUT2D eigenvalue weighted by Crippen LogP contribution is -2.18. The number of ether oxygens (including phenoxy) is 1. The van der Waals surface area contributed by atoms with Gasteiger partial charge in [-0.1, -0.05) is 0 Å². The number of thioether (sulfide) groups is 1. The molecule has 3 heterocycles. The van der Waals surface area contributed by atoms with Gasteiger partial charge >= 0.3 is 5.97 Å². The number of carbonyl (C=O) groups is 1. The number of aryl methyl sites for hydroxylation is 2. The number of pyridine rings is 1. The topological polar surface area (TPSA) is 73.6 Å². The Morgan fingerprint density at radius 3 is 3.08 bits per heavy atom. The van der Waals surface area contributed by atoms with Crippen molar-refractivity contribution in [2.24, 2.45) is 0 Å². The molecule has 6 nitrogen and oxygen atoms in total. The highest BCUT2D eigenvalue weighted by atomic mass is 32.2. The average molecular weight is 387 g/mol. The SMILES string of the molecule is CSc1ncccc1C(=O)OCc1cc(=O)n2c3c(sc2n1)CCCC3. The largest absolute Gasteiger partial charge is 0.456 e. The summed E-state index contributed by atoms with van der Waals surface area (Å²) in [6.45, 7) is -0.0319. The number of hydrogen-bond donors (Lipinski definition) is 0. The van der Waals surface area contributed by atoms with Gasteiger partial charge in [0.25, 0.3) is 5.56 Å². The van der Waals surface area contributed by atoms with E-state index in [1.54, 1.807) is 34.1 Å². The fourth-order valence-corrected chi connectivity index (χ4v) is 4.91. The van der Waals surface area contributed by atoms with Crippen molar-refractivity contribution in [3.05, 3.63) is 56.6 Å². The van der Waals surface area contributed by atoms with Crippen LogP contribution in [0.1, 0.15) is 39.5 Å². The van der Waals surface area contributed by atoms with Gasteiger partial charge in [-0.05, 0) is 44.1 Å². The number of hydrogen-bond acceptors (Lipinski definition) is 7. The first kappa shape index (κ1) is 17.2. The number of rotatable bonds is 4. The van der Waals surface area contributed by atoms with Crippen LogP contribution in [0.25, 0.3) is 4.96 Å². The molecule has 1 aliphatic carbocycles. The van der Waals surface area contributed by atoms with E-state index in [1.165, 1.54) is 22.7 Å². The summed E-state index contributed by atoms with van der Waals surface area (Å²) in [6, 6.07) is 4.84. The lowest BCUT2D eigenvalue weighted by atomic mass is 10.0. The number of aromatic nitrogens is 3. The minimum Gasteiger partial charge on any atom is -0.456 e. The second kappa shape index (κ2) is 7.20. The molecular weight excluding hydrogens is 370 g/mol. The van der Waals surface area contributed by atoms with Crippen molar-refractivity contribution in [1.82, 2.24) is 14.4 Å². The molecule has 0 unspecified atom stereocenters. The molecule has 8 heteroatoms. The average Bonchev–Trinajstić information content (AvgIpc) is 3.05. The van der Waals surface area contributed by atoms with Crippen LogP contribution in [0, 0.1) is 0 Å². The molecule has 0 spiro atoms. The predicted octanol–water partition coefficient (Wildman–Crippen LogP) is 3.11. The summed E-state index contributed by atoms with van der Waals surface area (Å²) >= 11 is 2.95. The minimum atomic E-state index is -0.463. The molecule has 0 N–H and O–H groups in total. The number of nitrogens with zero attached hydrogens (tertiary/aromatic N) is 3. The van der Waals surface area contributed by atoms with Crippen LogP contribution < -0.4 is 5.56 Å². The second-order valence-electron chi connectivity index (χ2n) is 6.02. The normalized spacial score (nSPS) is 13.6. The predicted molar refractivity (Wildman–Crippen MR) is 101 cm³/mol. The Morgan fingerprint density at radius 2 is 2.23 bits per heavy atom. The molecule has 0 bridgehead atoms. The zero-order valence-electron chi connectivity index (χ0n) is 14.2. The van der Waals surface area contributed by atoms with Crippen LogP contribution in [-0.4, -0.2) is 26.6 Å². The number of esters is 1. The number of carbonyl (C=O) groups excluding carboxylic acids is 1. The van der Waals surface area contributed by atoms with Gasteiger partial charge in [0, 0.05) is 22.8 Å². The summed E-state index contributed by atoms with van der Waals surface area (Å²) < 4.78 is 7.07. The van der Waals surface area contributed by atoms with Crippen molar-refractivity contribution in [2.45, 2.75) is 37.3 Å². The molecule has 0 radical (unpaired) electrons. The molecule has 0 atom stereocenters. The van der Waals surface area contributed by atoms with Gasteiger partial charge in [0.15, 0.2) is 4.96 Å². The number of fused-ring (bicyclic) bond motifs is 3. The maximum absolute atomic E-state index is 12.5. The summed E-state index contributed by atoms with van der Waals surface area (Å²) in [6.07, 6.45) is 7.68. The highest BCUT2D eigenvalue weighted by Gasteiger charge is 2.19. The van der Waals surface area contributed by atoms with Gasteiger partial charge in [-0.25, -0.2) is 14.8 Å². The van der Waals surface area contributed by atoms with E-state index >= 15 is 0 Å². The molecule has 3 aromatic heterocycles. The van der Waals surface area contributed by atoms with Crippen LogP contribution in [0.5, 0.6) is 0 Å². The molecule has 0 fully saturated rings. The zero-order chi connectivity index (χ0) is 18.1. The van der Waals surface area contributed by atoms with E-state index < -0.39 is 5.97 Å². The second-order valence-corrected chi connectivity index (χ2v) is 7.88. The molecule has 0 amide bonds. The molecule has 1 aliphatic rings. The molecule has 0 aliphatic heterocycles. The van der Waals surface area contributed by atoms with Gasteiger partial charge in [-0.2, -0.15) is 0 Å². The van der Waals surface area contributed by atoms with Crippen molar-refractivity contribution < 1.29 is 9.53 Å². The molecule has 0 aromatic carbocycles. The van der Waals surface area contributed by atoms with Crippen LogP contribution in [0.3, 0.4) is 0 Å². The van der Waals surface area contributed by atoms with Gasteiger partial charge in [-0.3, -0.25) is 9.20 Å². The summed E-state index contributed by atoms with van der Waals surface area (Å²) in [5.41, 5.74) is 1.88. The third kappa shape index (κ3) is 3.14. The van der Waals surface area contributed by atoms with Gasteiger partial charge in [0.1, 0.15) is 11.6 Å². The van der Waals surface area contributed by atoms with E-state index in [0.717, 1.165) is 31.4 Å². The van der Waals surface area contributed by atoms with Crippen molar-refractivity contribution in [3.63, 3.8) is 0 Å². The third-order valence-corrected chi connectivity index (χ3v) is 6.20. The standard InChI is InChI=1S/C18H17N3O3S2/c1-25-16-12(5-4-8-19-16)17(23)24-10-11-9-15(22)21-13-6-2-3-7-14(13)26-18(21)20-11/h4-5,8-9H,2-3,6-7,10H2,1H3. The van der Waals surface area contributed by atoms with Crippen molar-refractivity contribution in [2.75, 3.05) is 6.26 Å². The summed E-state index contributed by atoms with van der Waals surface area (Å²) in [7, 11) is 0. The van der Waals surface area contributed by atoms with Gasteiger partial charge in [0.05, 0.1) is 11.3 Å². The van der Waals surface area contributed by atoms with Crippen molar-refractivity contribution >= 4 is 34.0 Å². The van der Waals surface area contributed by atoms with Gasteiger partial charge in [0.2, 0.25) is 0 Å². The zero-order valence-corrected chi connectivity index (χ0v) is 15.9. The van der Waals surface area contributed by atoms with E-state index in [9.17, 15) is 9.59 Å². The lowest BCUT2D eigenvalue weighted by molar-refractivity contribution is 0.0462. The van der Waals surface area contributed by atoms with Crippen LogP contribution >= 0.6 is 23.1 Å². The maximum atomic E-state index is 12.5. The highest BCUT2D eigenvalue weighted by Crippen LogP contribution is 2.28. The fraction of sp³-hybridized carbons (Fsp3) is 0.333. The fourth-order valence-electron chi connectivity index (χ4n) is 3.14. The van der Waals surface area contributed by atoms with E-state index in [1.807, 2.05) is 6.26 Å². The summed E-state index contributed by atoms with van der Waals surface area (Å²) in [5, 5.41) is 0.618. The maximum Gasteiger partial charge on any atom is 0.341 e. The Bertz CT molecular complexity index is 1040.